The zero-order valence-corrected chi connectivity index (χ0v) is 17.7. The number of benzene rings is 3. The van der Waals surface area contributed by atoms with Crippen molar-refractivity contribution in [1.82, 2.24) is 9.66 Å². The van der Waals surface area contributed by atoms with E-state index in [0.29, 0.717) is 28.8 Å². The number of hydrogen-bond donors (Lipinski definition) is 1. The lowest BCUT2D eigenvalue weighted by molar-refractivity contribution is 0.304. The molecule has 0 saturated heterocycles. The first kappa shape index (κ1) is 20.0. The summed E-state index contributed by atoms with van der Waals surface area (Å²) in [4.78, 5) is 27.3. The molecule has 6 nitrogen and oxygen atoms in total. The van der Waals surface area contributed by atoms with Gasteiger partial charge in [0.15, 0.2) is 0 Å². The summed E-state index contributed by atoms with van der Waals surface area (Å²) in [5.74, 6) is 0.374. The third kappa shape index (κ3) is 4.33. The van der Waals surface area contributed by atoms with Crippen LogP contribution in [0.4, 0.5) is 4.39 Å². The van der Waals surface area contributed by atoms with Crippen molar-refractivity contribution in [2.24, 2.45) is 5.10 Å². The number of H-pyrrole nitrogens is 1. The monoisotopic (exact) mass is 515 g/mol. The molecule has 0 aliphatic rings. The van der Waals surface area contributed by atoms with Crippen LogP contribution in [0.25, 0.3) is 10.9 Å². The molecule has 8 heteroatoms. The van der Waals surface area contributed by atoms with E-state index in [0.717, 1.165) is 13.8 Å². The van der Waals surface area contributed by atoms with Gasteiger partial charge in [-0.15, -0.1) is 4.68 Å². The van der Waals surface area contributed by atoms with E-state index in [-0.39, 0.29) is 5.82 Å². The van der Waals surface area contributed by atoms with Gasteiger partial charge < -0.3 is 9.72 Å². The van der Waals surface area contributed by atoms with Gasteiger partial charge in [-0.3, -0.25) is 4.79 Å². The fourth-order valence-corrected chi connectivity index (χ4v) is 3.53. The molecule has 0 saturated carbocycles. The van der Waals surface area contributed by atoms with E-state index in [9.17, 15) is 14.0 Å². The Morgan fingerprint density at radius 3 is 2.60 bits per heavy atom. The second-order valence-electron chi connectivity index (χ2n) is 6.44. The van der Waals surface area contributed by atoms with Gasteiger partial charge in [-0.2, -0.15) is 5.10 Å². The average Bonchev–Trinajstić information content (AvgIpc) is 2.74. The summed E-state index contributed by atoms with van der Waals surface area (Å²) in [5.41, 5.74) is 0.931. The largest absolute Gasteiger partial charge is 0.488 e. The molecule has 0 bridgehead atoms. The van der Waals surface area contributed by atoms with Crippen LogP contribution < -0.4 is 16.0 Å². The number of halogens is 2. The van der Waals surface area contributed by atoms with Crippen LogP contribution in [0.15, 0.2) is 81.4 Å². The van der Waals surface area contributed by atoms with Crippen molar-refractivity contribution < 1.29 is 9.13 Å². The maximum atomic E-state index is 13.0. The molecule has 1 N–H and O–H groups in total. The number of hydrogen-bond acceptors (Lipinski definition) is 4. The normalized spacial score (nSPS) is 11.3. The topological polar surface area (TPSA) is 76.5 Å². The Labute approximate surface area is 183 Å². The lowest BCUT2D eigenvalue weighted by atomic mass is 10.2. The Morgan fingerprint density at radius 1 is 1.07 bits per heavy atom. The lowest BCUT2D eigenvalue weighted by Crippen LogP contribution is -2.32. The number of rotatable bonds is 5. The lowest BCUT2D eigenvalue weighted by Gasteiger charge is -2.09. The molecule has 4 aromatic rings. The second-order valence-corrected chi connectivity index (χ2v) is 7.60. The summed E-state index contributed by atoms with van der Waals surface area (Å²) in [6.45, 7) is 0.311. The molecule has 4 rings (SSSR count). The number of para-hydroxylation sites is 1. The number of ether oxygens (including phenoxy) is 1. The van der Waals surface area contributed by atoms with E-state index < -0.39 is 11.2 Å². The molecule has 150 valence electrons. The van der Waals surface area contributed by atoms with Crippen LogP contribution in [-0.4, -0.2) is 15.9 Å². The first-order chi connectivity index (χ1) is 14.5. The minimum absolute atomic E-state index is 0.290. The zero-order chi connectivity index (χ0) is 21.1. The van der Waals surface area contributed by atoms with Gasteiger partial charge in [-0.1, -0.05) is 24.3 Å². The van der Waals surface area contributed by atoms with Gasteiger partial charge in [-0.05, 0) is 76.2 Å². The second kappa shape index (κ2) is 8.62. The molecule has 0 unspecified atom stereocenters. The average molecular weight is 515 g/mol. The highest BCUT2D eigenvalue weighted by atomic mass is 127. The number of nitrogens with zero attached hydrogens (tertiary/aromatic N) is 2. The Hall–Kier alpha value is -3.27. The molecule has 0 atom stereocenters. The van der Waals surface area contributed by atoms with Crippen molar-refractivity contribution in [3.8, 4) is 5.75 Å². The van der Waals surface area contributed by atoms with E-state index >= 15 is 0 Å². The van der Waals surface area contributed by atoms with E-state index in [1.54, 1.807) is 48.5 Å². The van der Waals surface area contributed by atoms with Crippen LogP contribution in [0.5, 0.6) is 5.75 Å². The number of nitrogens with one attached hydrogen (secondary N) is 1. The molecule has 0 radical (unpaired) electrons. The fraction of sp³-hybridized carbons (Fsp3) is 0.0455. The van der Waals surface area contributed by atoms with E-state index in [4.69, 9.17) is 4.74 Å². The highest BCUT2D eigenvalue weighted by molar-refractivity contribution is 14.1. The Kier molecular flexibility index (Phi) is 5.75. The quantitative estimate of drug-likeness (QED) is 0.324. The van der Waals surface area contributed by atoms with Gasteiger partial charge in [0, 0.05) is 0 Å². The van der Waals surface area contributed by atoms with E-state index in [1.807, 2.05) is 6.07 Å². The summed E-state index contributed by atoms with van der Waals surface area (Å²) in [6.07, 6.45) is 1.44. The number of aromatic amines is 1. The molecule has 30 heavy (non-hydrogen) atoms. The van der Waals surface area contributed by atoms with Crippen LogP contribution in [0.1, 0.15) is 11.1 Å². The van der Waals surface area contributed by atoms with Crippen LogP contribution in [0.2, 0.25) is 0 Å². The maximum Gasteiger partial charge on any atom is 0.349 e. The minimum atomic E-state index is -0.608. The summed E-state index contributed by atoms with van der Waals surface area (Å²) in [7, 11) is 0. The molecule has 1 aromatic heterocycles. The minimum Gasteiger partial charge on any atom is -0.488 e. The molecular weight excluding hydrogens is 500 g/mol. The van der Waals surface area contributed by atoms with Crippen molar-refractivity contribution in [2.45, 2.75) is 6.61 Å². The van der Waals surface area contributed by atoms with Crippen LogP contribution in [-0.2, 0) is 6.61 Å². The molecule has 0 aliphatic carbocycles. The smallest absolute Gasteiger partial charge is 0.349 e. The van der Waals surface area contributed by atoms with Crippen LogP contribution >= 0.6 is 22.6 Å². The Morgan fingerprint density at radius 2 is 1.83 bits per heavy atom. The fourth-order valence-electron chi connectivity index (χ4n) is 2.84. The molecule has 0 amide bonds. The van der Waals surface area contributed by atoms with Crippen LogP contribution in [0, 0.1) is 9.39 Å². The zero-order valence-electron chi connectivity index (χ0n) is 15.5. The van der Waals surface area contributed by atoms with Crippen LogP contribution in [0.3, 0.4) is 0 Å². The first-order valence-corrected chi connectivity index (χ1v) is 10.0. The first-order valence-electron chi connectivity index (χ1n) is 8.96. The van der Waals surface area contributed by atoms with Crippen molar-refractivity contribution >= 4 is 39.7 Å². The van der Waals surface area contributed by atoms with Gasteiger partial charge >= 0.3 is 5.69 Å². The van der Waals surface area contributed by atoms with Crippen molar-refractivity contribution in [1.29, 1.82) is 0 Å². The van der Waals surface area contributed by atoms with Crippen molar-refractivity contribution in [2.75, 3.05) is 0 Å². The SMILES string of the molecule is O=c1[nH]c2ccccc2c(=O)n1N=Cc1ccc(OCc2ccc(F)cc2)c(I)c1. The van der Waals surface area contributed by atoms with Gasteiger partial charge in [0.05, 0.1) is 20.7 Å². The summed E-state index contributed by atoms with van der Waals surface area (Å²) < 4.78 is 20.4. The highest BCUT2D eigenvalue weighted by Crippen LogP contribution is 2.22. The molecule has 0 spiro atoms. The summed E-state index contributed by atoms with van der Waals surface area (Å²) >= 11 is 2.13. The van der Waals surface area contributed by atoms with E-state index in [1.165, 1.54) is 18.3 Å². The predicted octanol–water partition coefficient (Wildman–Crippen LogP) is 3.89. The van der Waals surface area contributed by atoms with Crippen molar-refractivity contribution in [3.63, 3.8) is 0 Å². The Balaban J connectivity index is 1.54. The van der Waals surface area contributed by atoms with E-state index in [2.05, 4.69) is 32.7 Å². The number of fused-ring (bicyclic) bond motifs is 1. The standard InChI is InChI=1S/C22H15FIN3O3/c23-16-8-5-14(6-9-16)13-30-20-10-7-15(11-18(20)24)12-25-27-21(28)17-3-1-2-4-19(17)26-22(27)29/h1-12H,13H2,(H,26,29). The van der Waals surface area contributed by atoms with Crippen molar-refractivity contribution in [3.05, 3.63) is 108 Å². The summed E-state index contributed by atoms with van der Waals surface area (Å²) in [6, 6.07) is 18.3. The van der Waals surface area contributed by atoms with Gasteiger partial charge in [0.2, 0.25) is 0 Å². The van der Waals surface area contributed by atoms with Gasteiger partial charge in [0.1, 0.15) is 18.2 Å². The molecule has 0 aliphatic heterocycles. The van der Waals surface area contributed by atoms with Gasteiger partial charge in [0.25, 0.3) is 5.56 Å². The molecular formula is C22H15FIN3O3. The third-order valence-corrected chi connectivity index (χ3v) is 5.21. The molecule has 1 heterocycles. The van der Waals surface area contributed by atoms with Gasteiger partial charge in [-0.25, -0.2) is 9.18 Å². The number of aromatic nitrogens is 2. The summed E-state index contributed by atoms with van der Waals surface area (Å²) in [5, 5.41) is 4.44. The Bertz CT molecular complexity index is 1360. The predicted molar refractivity (Wildman–Crippen MR) is 122 cm³/mol. The molecule has 3 aromatic carbocycles. The maximum absolute atomic E-state index is 13.0. The molecule has 0 fully saturated rings. The highest BCUT2D eigenvalue weighted by Gasteiger charge is 2.06. The third-order valence-electron chi connectivity index (χ3n) is 4.37.